The van der Waals surface area contributed by atoms with Crippen molar-refractivity contribution in [1.29, 1.82) is 0 Å². The zero-order chi connectivity index (χ0) is 24.1. The molecule has 176 valence electrons. The molecule has 0 radical (unpaired) electrons. The SMILES string of the molecule is Cc1ccc(F)c(C(=O)N[C@@H](C(=O)N2CCC(Cc3ccc(C(=O)O)cc3)CC2)C(C)C)c1. The predicted octanol–water partition coefficient (Wildman–Crippen LogP) is 4.07. The maximum absolute atomic E-state index is 14.1. The number of aryl methyl sites for hydroxylation is 1. The molecule has 1 aliphatic rings. The van der Waals surface area contributed by atoms with Crippen molar-refractivity contribution in [3.05, 3.63) is 70.5 Å². The van der Waals surface area contributed by atoms with E-state index in [1.165, 1.54) is 12.1 Å². The minimum atomic E-state index is -0.940. The van der Waals surface area contributed by atoms with Crippen LogP contribution in [0.25, 0.3) is 0 Å². The van der Waals surface area contributed by atoms with Gasteiger partial charge in [-0.15, -0.1) is 0 Å². The van der Waals surface area contributed by atoms with Crippen molar-refractivity contribution in [3.8, 4) is 0 Å². The van der Waals surface area contributed by atoms with Gasteiger partial charge in [0.15, 0.2) is 0 Å². The smallest absolute Gasteiger partial charge is 0.335 e. The van der Waals surface area contributed by atoms with Crippen LogP contribution in [0, 0.1) is 24.6 Å². The summed E-state index contributed by atoms with van der Waals surface area (Å²) in [5.41, 5.74) is 2.07. The summed E-state index contributed by atoms with van der Waals surface area (Å²) >= 11 is 0. The van der Waals surface area contributed by atoms with Crippen LogP contribution in [0.4, 0.5) is 4.39 Å². The molecular formula is C26H31FN2O4. The first kappa shape index (κ1) is 24.4. The molecule has 0 unspecified atom stereocenters. The average molecular weight is 455 g/mol. The van der Waals surface area contributed by atoms with E-state index in [1.54, 1.807) is 30.0 Å². The number of likely N-dealkylation sites (tertiary alicyclic amines) is 1. The topological polar surface area (TPSA) is 86.7 Å². The summed E-state index contributed by atoms with van der Waals surface area (Å²) in [6, 6.07) is 10.5. The van der Waals surface area contributed by atoms with Crippen LogP contribution in [-0.4, -0.2) is 46.9 Å². The highest BCUT2D eigenvalue weighted by molar-refractivity contribution is 5.98. The van der Waals surface area contributed by atoms with E-state index in [0.717, 1.165) is 30.4 Å². The predicted molar refractivity (Wildman–Crippen MR) is 124 cm³/mol. The molecule has 0 saturated carbocycles. The summed E-state index contributed by atoms with van der Waals surface area (Å²) in [6.07, 6.45) is 2.49. The van der Waals surface area contributed by atoms with Gasteiger partial charge in [0.05, 0.1) is 11.1 Å². The first-order valence-electron chi connectivity index (χ1n) is 11.3. The van der Waals surface area contributed by atoms with Crippen molar-refractivity contribution < 1.29 is 23.9 Å². The minimum absolute atomic E-state index is 0.0546. The van der Waals surface area contributed by atoms with Crippen molar-refractivity contribution in [2.45, 2.75) is 46.1 Å². The molecule has 0 spiro atoms. The number of nitrogens with zero attached hydrogens (tertiary/aromatic N) is 1. The Labute approximate surface area is 193 Å². The summed E-state index contributed by atoms with van der Waals surface area (Å²) in [5, 5.41) is 11.8. The van der Waals surface area contributed by atoms with Crippen LogP contribution in [0.5, 0.6) is 0 Å². The molecule has 3 rings (SSSR count). The number of carbonyl (C=O) groups excluding carboxylic acids is 2. The van der Waals surface area contributed by atoms with Crippen molar-refractivity contribution >= 4 is 17.8 Å². The number of carboxylic acids is 1. The van der Waals surface area contributed by atoms with E-state index in [-0.39, 0.29) is 23.0 Å². The molecule has 2 aromatic carbocycles. The fourth-order valence-electron chi connectivity index (χ4n) is 4.22. The molecule has 0 bridgehead atoms. The van der Waals surface area contributed by atoms with Gasteiger partial charge in [-0.1, -0.05) is 37.6 Å². The molecule has 1 atom stereocenters. The molecule has 2 amide bonds. The Balaban J connectivity index is 1.58. The van der Waals surface area contributed by atoms with Gasteiger partial charge in [0, 0.05) is 13.1 Å². The summed E-state index contributed by atoms with van der Waals surface area (Å²) < 4.78 is 14.1. The van der Waals surface area contributed by atoms with E-state index < -0.39 is 23.7 Å². The highest BCUT2D eigenvalue weighted by atomic mass is 19.1. The molecule has 6 nitrogen and oxygen atoms in total. The van der Waals surface area contributed by atoms with Crippen LogP contribution >= 0.6 is 0 Å². The third kappa shape index (κ3) is 6.18. The maximum atomic E-state index is 14.1. The zero-order valence-corrected chi connectivity index (χ0v) is 19.3. The third-order valence-electron chi connectivity index (χ3n) is 6.24. The molecular weight excluding hydrogens is 423 g/mol. The molecule has 1 fully saturated rings. The maximum Gasteiger partial charge on any atom is 0.335 e. The van der Waals surface area contributed by atoms with Crippen LogP contribution in [0.1, 0.15) is 58.5 Å². The van der Waals surface area contributed by atoms with Gasteiger partial charge >= 0.3 is 5.97 Å². The highest BCUT2D eigenvalue weighted by Gasteiger charge is 2.32. The van der Waals surface area contributed by atoms with E-state index >= 15 is 0 Å². The lowest BCUT2D eigenvalue weighted by Gasteiger charge is -2.35. The minimum Gasteiger partial charge on any atom is -0.478 e. The number of hydrogen-bond acceptors (Lipinski definition) is 3. The van der Waals surface area contributed by atoms with Gasteiger partial charge in [-0.25, -0.2) is 9.18 Å². The molecule has 1 saturated heterocycles. The molecule has 0 aromatic heterocycles. The first-order valence-corrected chi connectivity index (χ1v) is 11.3. The Morgan fingerprint density at radius 1 is 1.09 bits per heavy atom. The lowest BCUT2D eigenvalue weighted by Crippen LogP contribution is -2.53. The van der Waals surface area contributed by atoms with Crippen LogP contribution in [0.15, 0.2) is 42.5 Å². The molecule has 2 aromatic rings. The lowest BCUT2D eigenvalue weighted by atomic mass is 9.89. The van der Waals surface area contributed by atoms with Crippen molar-refractivity contribution in [1.82, 2.24) is 10.2 Å². The number of amides is 2. The van der Waals surface area contributed by atoms with Gasteiger partial charge in [-0.3, -0.25) is 9.59 Å². The van der Waals surface area contributed by atoms with Gasteiger partial charge in [0.2, 0.25) is 5.91 Å². The molecule has 2 N–H and O–H groups in total. The van der Waals surface area contributed by atoms with E-state index in [0.29, 0.717) is 19.0 Å². The van der Waals surface area contributed by atoms with Crippen molar-refractivity contribution in [2.24, 2.45) is 11.8 Å². The number of piperidine rings is 1. The van der Waals surface area contributed by atoms with E-state index in [9.17, 15) is 18.8 Å². The highest BCUT2D eigenvalue weighted by Crippen LogP contribution is 2.23. The van der Waals surface area contributed by atoms with Crippen LogP contribution in [0.2, 0.25) is 0 Å². The van der Waals surface area contributed by atoms with Gasteiger partial charge in [0.1, 0.15) is 11.9 Å². The number of benzene rings is 2. The third-order valence-corrected chi connectivity index (χ3v) is 6.24. The number of halogens is 1. The molecule has 33 heavy (non-hydrogen) atoms. The van der Waals surface area contributed by atoms with E-state index in [1.807, 2.05) is 26.0 Å². The second-order valence-corrected chi connectivity index (χ2v) is 9.15. The van der Waals surface area contributed by atoms with Crippen LogP contribution in [0.3, 0.4) is 0 Å². The monoisotopic (exact) mass is 454 g/mol. The number of rotatable bonds is 7. The van der Waals surface area contributed by atoms with Crippen molar-refractivity contribution in [2.75, 3.05) is 13.1 Å². The second-order valence-electron chi connectivity index (χ2n) is 9.15. The summed E-state index contributed by atoms with van der Waals surface area (Å²) in [6.45, 7) is 6.70. The van der Waals surface area contributed by atoms with Crippen LogP contribution in [-0.2, 0) is 11.2 Å². The first-order chi connectivity index (χ1) is 15.7. The average Bonchev–Trinajstić information content (AvgIpc) is 2.79. The van der Waals surface area contributed by atoms with Gasteiger partial charge in [-0.05, 0) is 67.9 Å². The standard InChI is InChI=1S/C26H31FN2O4/c1-16(2)23(28-24(30)21-14-17(3)4-9-22(21)27)25(31)29-12-10-19(11-13-29)15-18-5-7-20(8-6-18)26(32)33/h4-9,14,16,19,23H,10-13,15H2,1-3H3,(H,28,30)(H,32,33)/t23-/m1/s1. The van der Waals surface area contributed by atoms with E-state index in [2.05, 4.69) is 5.32 Å². The Morgan fingerprint density at radius 3 is 2.30 bits per heavy atom. The quantitative estimate of drug-likeness (QED) is 0.660. The largest absolute Gasteiger partial charge is 0.478 e. The molecule has 1 heterocycles. The van der Waals surface area contributed by atoms with Gasteiger partial charge < -0.3 is 15.3 Å². The van der Waals surface area contributed by atoms with Gasteiger partial charge in [-0.2, -0.15) is 0 Å². The summed E-state index contributed by atoms with van der Waals surface area (Å²) in [7, 11) is 0. The Kier molecular flexibility index (Phi) is 7.84. The number of carbonyl (C=O) groups is 3. The lowest BCUT2D eigenvalue weighted by molar-refractivity contribution is -0.135. The normalized spacial score (nSPS) is 15.4. The fraction of sp³-hybridized carbons (Fsp3) is 0.423. The summed E-state index contributed by atoms with van der Waals surface area (Å²) in [5.74, 6) is -2.01. The zero-order valence-electron chi connectivity index (χ0n) is 19.3. The molecule has 7 heteroatoms. The summed E-state index contributed by atoms with van der Waals surface area (Å²) in [4.78, 5) is 38.7. The Morgan fingerprint density at radius 2 is 1.73 bits per heavy atom. The second kappa shape index (κ2) is 10.6. The number of aromatic carboxylic acids is 1. The van der Waals surface area contributed by atoms with Crippen molar-refractivity contribution in [3.63, 3.8) is 0 Å². The van der Waals surface area contributed by atoms with E-state index in [4.69, 9.17) is 5.11 Å². The number of carboxylic acid groups (broad SMARTS) is 1. The van der Waals surface area contributed by atoms with Crippen LogP contribution < -0.4 is 5.32 Å². The molecule has 1 aliphatic heterocycles. The number of hydrogen-bond donors (Lipinski definition) is 2. The van der Waals surface area contributed by atoms with Gasteiger partial charge in [0.25, 0.3) is 5.91 Å². The Bertz CT molecular complexity index is 1010. The molecule has 0 aliphatic carbocycles. The Hall–Kier alpha value is -3.22. The number of nitrogens with one attached hydrogen (secondary N) is 1. The fourth-order valence-corrected chi connectivity index (χ4v) is 4.22.